The predicted octanol–water partition coefficient (Wildman–Crippen LogP) is 1.68. The fourth-order valence-electron chi connectivity index (χ4n) is 3.77. The molecule has 0 atom stereocenters. The van der Waals surface area contributed by atoms with Crippen molar-refractivity contribution in [2.24, 2.45) is 0 Å². The van der Waals surface area contributed by atoms with Crippen LogP contribution in [0.2, 0.25) is 0 Å². The molecule has 0 bridgehead atoms. The molecule has 2 heterocycles. The Labute approximate surface area is 139 Å². The molecule has 0 spiro atoms. The molecule has 24 heavy (non-hydrogen) atoms. The molecule has 1 saturated carbocycles. The first-order valence-corrected chi connectivity index (χ1v) is 8.63. The third kappa shape index (κ3) is 2.74. The summed E-state index contributed by atoms with van der Waals surface area (Å²) in [5.74, 6) is 0.477. The maximum Gasteiger partial charge on any atom is 0.257 e. The summed E-state index contributed by atoms with van der Waals surface area (Å²) in [6.45, 7) is -0.0189. The highest BCUT2D eigenvalue weighted by atomic mass is 16.2. The van der Waals surface area contributed by atoms with Gasteiger partial charge in [0.2, 0.25) is 5.91 Å². The summed E-state index contributed by atoms with van der Waals surface area (Å²) in [6, 6.07) is 2.17. The minimum absolute atomic E-state index is 0.0189. The molecule has 0 saturated heterocycles. The van der Waals surface area contributed by atoms with Crippen LogP contribution in [0.4, 0.5) is 5.82 Å². The Kier molecular flexibility index (Phi) is 3.92. The van der Waals surface area contributed by atoms with Gasteiger partial charge in [0.15, 0.2) is 0 Å². The van der Waals surface area contributed by atoms with Gasteiger partial charge in [0, 0.05) is 11.6 Å². The van der Waals surface area contributed by atoms with E-state index in [9.17, 15) is 9.59 Å². The van der Waals surface area contributed by atoms with Crippen LogP contribution in [0.5, 0.6) is 0 Å². The van der Waals surface area contributed by atoms with Gasteiger partial charge in [-0.05, 0) is 32.1 Å². The molecular formula is C17H21N5O2. The van der Waals surface area contributed by atoms with Crippen molar-refractivity contribution in [3.63, 3.8) is 0 Å². The predicted molar refractivity (Wildman–Crippen MR) is 88.9 cm³/mol. The smallest absolute Gasteiger partial charge is 0.257 e. The molecule has 1 amide bonds. The Bertz CT molecular complexity index is 817. The molecule has 1 fully saturated rings. The second-order valence-electron chi connectivity index (χ2n) is 6.60. The Morgan fingerprint density at radius 2 is 2.08 bits per heavy atom. The Morgan fingerprint density at radius 1 is 1.25 bits per heavy atom. The number of aryl methyl sites for hydroxylation is 1. The van der Waals surface area contributed by atoms with Crippen LogP contribution in [0, 0.1) is 0 Å². The number of hydrogen-bond acceptors (Lipinski definition) is 4. The van der Waals surface area contributed by atoms with Crippen LogP contribution in [-0.2, 0) is 24.2 Å². The van der Waals surface area contributed by atoms with E-state index < -0.39 is 0 Å². The summed E-state index contributed by atoms with van der Waals surface area (Å²) in [5.41, 5.74) is 1.56. The summed E-state index contributed by atoms with van der Waals surface area (Å²) >= 11 is 0. The van der Waals surface area contributed by atoms with E-state index in [2.05, 4.69) is 15.4 Å². The highest BCUT2D eigenvalue weighted by Gasteiger charge is 2.21. The van der Waals surface area contributed by atoms with Gasteiger partial charge in [-0.25, -0.2) is 9.67 Å². The summed E-state index contributed by atoms with van der Waals surface area (Å²) in [5, 5.41) is 7.23. The summed E-state index contributed by atoms with van der Waals surface area (Å²) in [6.07, 6.45) is 10.4. The van der Waals surface area contributed by atoms with Crippen molar-refractivity contribution in [2.45, 2.75) is 57.5 Å². The Morgan fingerprint density at radius 3 is 2.92 bits per heavy atom. The number of fused-ring (bicyclic) bond motifs is 1. The summed E-state index contributed by atoms with van der Waals surface area (Å²) < 4.78 is 3.30. The van der Waals surface area contributed by atoms with Gasteiger partial charge in [-0.1, -0.05) is 12.8 Å². The second kappa shape index (κ2) is 6.22. The van der Waals surface area contributed by atoms with Gasteiger partial charge in [0.05, 0.1) is 24.3 Å². The van der Waals surface area contributed by atoms with Gasteiger partial charge in [0.25, 0.3) is 5.56 Å². The lowest BCUT2D eigenvalue weighted by Crippen LogP contribution is -2.30. The number of carbonyl (C=O) groups excluding carboxylic acids is 1. The molecule has 7 nitrogen and oxygen atoms in total. The Balaban J connectivity index is 1.48. The lowest BCUT2D eigenvalue weighted by Gasteiger charge is -2.15. The third-order valence-electron chi connectivity index (χ3n) is 4.98. The molecule has 2 aromatic rings. The van der Waals surface area contributed by atoms with Crippen LogP contribution in [-0.4, -0.2) is 25.2 Å². The lowest BCUT2D eigenvalue weighted by atomic mass is 10.2. The van der Waals surface area contributed by atoms with Crippen LogP contribution in [0.25, 0.3) is 0 Å². The number of hydrogen-bond donors (Lipinski definition) is 1. The number of aromatic nitrogens is 4. The number of anilines is 1. The molecule has 2 aliphatic carbocycles. The van der Waals surface area contributed by atoms with Crippen LogP contribution in [0.1, 0.15) is 49.4 Å². The summed E-state index contributed by atoms with van der Waals surface area (Å²) in [4.78, 5) is 29.1. The SMILES string of the molecule is O=C(Cn1cnc2c(c1=O)CCC2)Nc1ccnn1C1CCCC1. The second-order valence-corrected chi connectivity index (χ2v) is 6.60. The van der Waals surface area contributed by atoms with Crippen LogP contribution < -0.4 is 10.9 Å². The molecule has 1 N–H and O–H groups in total. The maximum atomic E-state index is 12.4. The van der Waals surface area contributed by atoms with Crippen molar-refractivity contribution in [1.82, 2.24) is 19.3 Å². The zero-order valence-electron chi connectivity index (χ0n) is 13.6. The van der Waals surface area contributed by atoms with E-state index in [0.717, 1.165) is 43.4 Å². The van der Waals surface area contributed by atoms with Gasteiger partial charge in [-0.15, -0.1) is 0 Å². The molecule has 0 radical (unpaired) electrons. The first-order chi connectivity index (χ1) is 11.7. The molecule has 2 aliphatic rings. The topological polar surface area (TPSA) is 81.8 Å². The van der Waals surface area contributed by atoms with E-state index in [1.165, 1.54) is 23.7 Å². The van der Waals surface area contributed by atoms with E-state index >= 15 is 0 Å². The molecule has 7 heteroatoms. The summed E-state index contributed by atoms with van der Waals surface area (Å²) in [7, 11) is 0. The molecule has 0 unspecified atom stereocenters. The normalized spacial score (nSPS) is 17.2. The van der Waals surface area contributed by atoms with Crippen LogP contribution in [0.3, 0.4) is 0 Å². The van der Waals surface area contributed by atoms with Crippen molar-refractivity contribution < 1.29 is 4.79 Å². The van der Waals surface area contributed by atoms with Crippen LogP contribution >= 0.6 is 0 Å². The first kappa shape index (κ1) is 15.1. The number of carbonyl (C=O) groups is 1. The van der Waals surface area contributed by atoms with Gasteiger partial charge in [0.1, 0.15) is 12.4 Å². The minimum atomic E-state index is -0.225. The number of nitrogens with zero attached hydrogens (tertiary/aromatic N) is 4. The third-order valence-corrected chi connectivity index (χ3v) is 4.98. The van der Waals surface area contributed by atoms with Gasteiger partial charge in [-0.3, -0.25) is 14.2 Å². The minimum Gasteiger partial charge on any atom is -0.309 e. The van der Waals surface area contributed by atoms with Crippen molar-refractivity contribution in [2.75, 3.05) is 5.32 Å². The number of nitrogens with one attached hydrogen (secondary N) is 1. The van der Waals surface area contributed by atoms with Crippen molar-refractivity contribution in [3.05, 3.63) is 40.2 Å². The van der Waals surface area contributed by atoms with Crippen molar-refractivity contribution in [1.29, 1.82) is 0 Å². The largest absolute Gasteiger partial charge is 0.309 e. The standard InChI is InChI=1S/C17H21N5O2/c23-16(10-21-11-18-14-7-3-6-13(14)17(21)24)20-15-8-9-19-22(15)12-4-1-2-5-12/h8-9,11-12H,1-7,10H2,(H,20,23). The Hall–Kier alpha value is -2.44. The van der Waals surface area contributed by atoms with E-state index in [1.54, 1.807) is 12.3 Å². The zero-order valence-corrected chi connectivity index (χ0v) is 13.6. The monoisotopic (exact) mass is 327 g/mol. The molecule has 2 aromatic heterocycles. The number of amides is 1. The van der Waals surface area contributed by atoms with E-state index in [-0.39, 0.29) is 18.0 Å². The molecular weight excluding hydrogens is 306 g/mol. The fourth-order valence-corrected chi connectivity index (χ4v) is 3.77. The quantitative estimate of drug-likeness (QED) is 0.926. The van der Waals surface area contributed by atoms with Gasteiger partial charge in [-0.2, -0.15) is 5.10 Å². The average Bonchev–Trinajstić information content (AvgIpc) is 3.29. The first-order valence-electron chi connectivity index (χ1n) is 8.63. The molecule has 4 rings (SSSR count). The zero-order chi connectivity index (χ0) is 16.5. The van der Waals surface area contributed by atoms with Gasteiger partial charge >= 0.3 is 0 Å². The van der Waals surface area contributed by atoms with Crippen LogP contribution in [0.15, 0.2) is 23.4 Å². The highest BCUT2D eigenvalue weighted by Crippen LogP contribution is 2.31. The maximum absolute atomic E-state index is 12.4. The fraction of sp³-hybridized carbons (Fsp3) is 0.529. The molecule has 126 valence electrons. The van der Waals surface area contributed by atoms with E-state index in [1.807, 2.05) is 4.68 Å². The molecule has 0 aromatic carbocycles. The average molecular weight is 327 g/mol. The van der Waals surface area contributed by atoms with Gasteiger partial charge < -0.3 is 5.32 Å². The number of rotatable bonds is 4. The van der Waals surface area contributed by atoms with Crippen molar-refractivity contribution in [3.8, 4) is 0 Å². The van der Waals surface area contributed by atoms with Crippen molar-refractivity contribution >= 4 is 11.7 Å². The lowest BCUT2D eigenvalue weighted by molar-refractivity contribution is -0.116. The van der Waals surface area contributed by atoms with E-state index in [4.69, 9.17) is 0 Å². The van der Waals surface area contributed by atoms with E-state index in [0.29, 0.717) is 11.9 Å². The highest BCUT2D eigenvalue weighted by molar-refractivity contribution is 5.89. The molecule has 0 aliphatic heterocycles.